The van der Waals surface area contributed by atoms with Crippen molar-refractivity contribution in [3.63, 3.8) is 0 Å². The van der Waals surface area contributed by atoms with Gasteiger partial charge in [0.25, 0.3) is 0 Å². The van der Waals surface area contributed by atoms with Crippen molar-refractivity contribution >= 4 is 27.8 Å². The van der Waals surface area contributed by atoms with Crippen molar-refractivity contribution in [2.75, 3.05) is 5.75 Å². The zero-order valence-corrected chi connectivity index (χ0v) is 10.9. The number of rotatable bonds is 2. The Labute approximate surface area is 105 Å². The van der Waals surface area contributed by atoms with Crippen molar-refractivity contribution in [2.45, 2.75) is 26.4 Å². The second kappa shape index (κ2) is 4.18. The molecule has 3 rings (SSSR count). The first-order chi connectivity index (χ1) is 8.24. The maximum atomic E-state index is 4.64. The van der Waals surface area contributed by atoms with E-state index < -0.39 is 0 Å². The fourth-order valence-electron chi connectivity index (χ4n) is 2.28. The molecule has 88 valence electrons. The van der Waals surface area contributed by atoms with Gasteiger partial charge in [-0.15, -0.1) is 11.8 Å². The molecule has 2 heterocycles. The zero-order valence-electron chi connectivity index (χ0n) is 10.1. The Balaban J connectivity index is 1.97. The Hall–Kier alpha value is -1.29. The summed E-state index contributed by atoms with van der Waals surface area (Å²) < 4.78 is 2.28. The van der Waals surface area contributed by atoms with E-state index in [9.17, 15) is 0 Å². The summed E-state index contributed by atoms with van der Waals surface area (Å²) >= 11 is 1.85. The maximum absolute atomic E-state index is 4.64. The molecule has 0 saturated heterocycles. The van der Waals surface area contributed by atoms with Gasteiger partial charge in [-0.25, -0.2) is 4.98 Å². The fraction of sp³-hybridized carbons (Fsp3) is 0.385. The van der Waals surface area contributed by atoms with Gasteiger partial charge >= 0.3 is 0 Å². The average Bonchev–Trinajstić information content (AvgIpc) is 2.85. The van der Waals surface area contributed by atoms with Crippen LogP contribution in [0.25, 0.3) is 11.0 Å². The SMILES string of the molecule is CC1=N[C@H](Cn2c(C)nc3ccccc32)CS1. The smallest absolute Gasteiger partial charge is 0.106 e. The van der Waals surface area contributed by atoms with Crippen molar-refractivity contribution in [3.05, 3.63) is 30.1 Å². The third-order valence-electron chi connectivity index (χ3n) is 3.09. The van der Waals surface area contributed by atoms with Crippen LogP contribution in [0.1, 0.15) is 12.7 Å². The summed E-state index contributed by atoms with van der Waals surface area (Å²) in [4.78, 5) is 9.22. The molecule has 1 atom stereocenters. The van der Waals surface area contributed by atoms with E-state index in [0.717, 1.165) is 23.6 Å². The largest absolute Gasteiger partial charge is 0.326 e. The van der Waals surface area contributed by atoms with Gasteiger partial charge in [0.1, 0.15) is 5.82 Å². The van der Waals surface area contributed by atoms with Gasteiger partial charge in [0, 0.05) is 12.3 Å². The number of aryl methyl sites for hydroxylation is 1. The van der Waals surface area contributed by atoms with Crippen molar-refractivity contribution in [2.24, 2.45) is 4.99 Å². The minimum Gasteiger partial charge on any atom is -0.326 e. The number of thioether (sulfide) groups is 1. The first-order valence-corrected chi connectivity index (χ1v) is 6.81. The van der Waals surface area contributed by atoms with Gasteiger partial charge in [0.05, 0.1) is 22.1 Å². The van der Waals surface area contributed by atoms with E-state index in [0.29, 0.717) is 6.04 Å². The van der Waals surface area contributed by atoms with Gasteiger partial charge in [-0.2, -0.15) is 0 Å². The highest BCUT2D eigenvalue weighted by molar-refractivity contribution is 8.14. The summed E-state index contributed by atoms with van der Waals surface area (Å²) in [6.45, 7) is 5.10. The van der Waals surface area contributed by atoms with Crippen LogP contribution < -0.4 is 0 Å². The molecule has 0 aliphatic carbocycles. The normalized spacial score (nSPS) is 19.9. The van der Waals surface area contributed by atoms with Crippen molar-refractivity contribution in [1.29, 1.82) is 0 Å². The monoisotopic (exact) mass is 245 g/mol. The highest BCUT2D eigenvalue weighted by Gasteiger charge is 2.18. The Bertz CT molecular complexity index is 585. The van der Waals surface area contributed by atoms with E-state index in [1.54, 1.807) is 0 Å². The Morgan fingerprint density at radius 2 is 2.18 bits per heavy atom. The van der Waals surface area contributed by atoms with Gasteiger partial charge in [0.2, 0.25) is 0 Å². The van der Waals surface area contributed by atoms with Crippen LogP contribution in [-0.4, -0.2) is 26.4 Å². The molecule has 0 radical (unpaired) electrons. The molecule has 1 aromatic heterocycles. The molecule has 0 N–H and O–H groups in total. The summed E-state index contributed by atoms with van der Waals surface area (Å²) in [7, 11) is 0. The minimum absolute atomic E-state index is 0.399. The predicted molar refractivity (Wildman–Crippen MR) is 73.8 cm³/mol. The number of benzene rings is 1. The molecule has 4 heteroatoms. The van der Waals surface area contributed by atoms with Crippen LogP contribution in [0.4, 0.5) is 0 Å². The van der Waals surface area contributed by atoms with Gasteiger partial charge in [-0.05, 0) is 26.0 Å². The lowest BCUT2D eigenvalue weighted by Gasteiger charge is -2.10. The Kier molecular flexibility index (Phi) is 2.67. The second-order valence-electron chi connectivity index (χ2n) is 4.37. The molecule has 0 amide bonds. The number of hydrogen-bond donors (Lipinski definition) is 0. The molecule has 0 bridgehead atoms. The van der Waals surface area contributed by atoms with Crippen molar-refractivity contribution in [3.8, 4) is 0 Å². The average molecular weight is 245 g/mol. The second-order valence-corrected chi connectivity index (χ2v) is 5.58. The van der Waals surface area contributed by atoms with Crippen molar-refractivity contribution < 1.29 is 0 Å². The number of hydrogen-bond acceptors (Lipinski definition) is 3. The lowest BCUT2D eigenvalue weighted by Crippen LogP contribution is -2.15. The molecular weight excluding hydrogens is 230 g/mol. The maximum Gasteiger partial charge on any atom is 0.106 e. The Morgan fingerprint density at radius 3 is 2.94 bits per heavy atom. The van der Waals surface area contributed by atoms with E-state index in [1.807, 2.05) is 17.8 Å². The number of fused-ring (bicyclic) bond motifs is 1. The molecule has 17 heavy (non-hydrogen) atoms. The molecule has 2 aromatic rings. The van der Waals surface area contributed by atoms with E-state index >= 15 is 0 Å². The highest BCUT2D eigenvalue weighted by Crippen LogP contribution is 2.22. The molecule has 3 nitrogen and oxygen atoms in total. The lowest BCUT2D eigenvalue weighted by atomic mass is 10.3. The molecule has 0 unspecified atom stereocenters. The van der Waals surface area contributed by atoms with Crippen LogP contribution in [0.5, 0.6) is 0 Å². The van der Waals surface area contributed by atoms with Gasteiger partial charge in [-0.1, -0.05) is 12.1 Å². The van der Waals surface area contributed by atoms with Crippen LogP contribution in [0.3, 0.4) is 0 Å². The number of para-hydroxylation sites is 2. The van der Waals surface area contributed by atoms with Gasteiger partial charge in [0.15, 0.2) is 0 Å². The number of aliphatic imine (C=N–C) groups is 1. The van der Waals surface area contributed by atoms with E-state index in [2.05, 4.69) is 46.6 Å². The molecule has 1 aliphatic heterocycles. The van der Waals surface area contributed by atoms with Crippen LogP contribution >= 0.6 is 11.8 Å². The van der Waals surface area contributed by atoms with E-state index in [-0.39, 0.29) is 0 Å². The quantitative estimate of drug-likeness (QED) is 0.814. The molecule has 1 aromatic carbocycles. The summed E-state index contributed by atoms with van der Waals surface area (Å²) in [5.41, 5.74) is 2.30. The molecule has 0 spiro atoms. The summed E-state index contributed by atoms with van der Waals surface area (Å²) in [5.74, 6) is 2.17. The number of aromatic nitrogens is 2. The summed E-state index contributed by atoms with van der Waals surface area (Å²) in [6.07, 6.45) is 0. The molecule has 0 fully saturated rings. The number of imidazole rings is 1. The molecule has 1 aliphatic rings. The summed E-state index contributed by atoms with van der Waals surface area (Å²) in [6, 6.07) is 8.70. The highest BCUT2D eigenvalue weighted by atomic mass is 32.2. The molecular formula is C13H15N3S. The van der Waals surface area contributed by atoms with Crippen LogP contribution in [-0.2, 0) is 6.54 Å². The van der Waals surface area contributed by atoms with Crippen LogP contribution in [0.15, 0.2) is 29.3 Å². The summed E-state index contributed by atoms with van der Waals surface area (Å²) in [5, 5.41) is 1.21. The fourth-order valence-corrected chi connectivity index (χ4v) is 3.12. The van der Waals surface area contributed by atoms with Crippen molar-refractivity contribution in [1.82, 2.24) is 9.55 Å². The van der Waals surface area contributed by atoms with Crippen LogP contribution in [0, 0.1) is 6.92 Å². The van der Waals surface area contributed by atoms with Gasteiger partial charge in [-0.3, -0.25) is 4.99 Å². The molecule has 0 saturated carbocycles. The minimum atomic E-state index is 0.399. The topological polar surface area (TPSA) is 30.2 Å². The van der Waals surface area contributed by atoms with Gasteiger partial charge < -0.3 is 4.57 Å². The predicted octanol–water partition coefficient (Wildman–Crippen LogP) is 2.88. The third-order valence-corrected chi connectivity index (χ3v) is 4.16. The van der Waals surface area contributed by atoms with E-state index in [4.69, 9.17) is 0 Å². The van der Waals surface area contributed by atoms with Crippen LogP contribution in [0.2, 0.25) is 0 Å². The standard InChI is InChI=1S/C13H15N3S/c1-9-14-12-5-3-4-6-13(12)16(9)7-11-8-17-10(2)15-11/h3-6,11H,7-8H2,1-2H3/t11-/m1/s1. The lowest BCUT2D eigenvalue weighted by molar-refractivity contribution is 0.603. The first-order valence-electron chi connectivity index (χ1n) is 5.83. The first kappa shape index (κ1) is 10.8. The number of nitrogens with zero attached hydrogens (tertiary/aromatic N) is 3. The zero-order chi connectivity index (χ0) is 11.8. The third kappa shape index (κ3) is 1.97. The van der Waals surface area contributed by atoms with E-state index in [1.165, 1.54) is 10.6 Å². The Morgan fingerprint density at radius 1 is 1.35 bits per heavy atom.